The van der Waals surface area contributed by atoms with E-state index in [2.05, 4.69) is 15.8 Å². The lowest BCUT2D eigenvalue weighted by molar-refractivity contribution is 0.0954. The molecule has 0 aliphatic heterocycles. The number of anilines is 1. The van der Waals surface area contributed by atoms with E-state index >= 15 is 0 Å². The minimum Gasteiger partial charge on any atom is -0.459 e. The van der Waals surface area contributed by atoms with Gasteiger partial charge in [-0.05, 0) is 30.0 Å². The molecular formula is C17H17N3O4S. The van der Waals surface area contributed by atoms with Crippen LogP contribution in [0.2, 0.25) is 0 Å². The molecule has 130 valence electrons. The van der Waals surface area contributed by atoms with Crippen molar-refractivity contribution in [3.63, 3.8) is 0 Å². The summed E-state index contributed by atoms with van der Waals surface area (Å²) < 4.78 is 10.3. The standard InChI is InChI=1S/C17H17N3O4S/c1-2-3-7-18-16(22)13-14(11-6-9-25-10-11)20-24-17(13)19-15(21)12-5-4-8-23-12/h4-6,8-10H,2-3,7H2,1H3,(H,18,22)(H,19,21). The van der Waals surface area contributed by atoms with Crippen LogP contribution in [0.1, 0.15) is 40.7 Å². The van der Waals surface area contributed by atoms with Gasteiger partial charge in [0.05, 0.1) is 6.26 Å². The summed E-state index contributed by atoms with van der Waals surface area (Å²) in [7, 11) is 0. The van der Waals surface area contributed by atoms with Gasteiger partial charge in [0, 0.05) is 17.5 Å². The second-order valence-corrected chi connectivity index (χ2v) is 6.07. The largest absolute Gasteiger partial charge is 0.459 e. The van der Waals surface area contributed by atoms with Crippen molar-refractivity contribution in [3.05, 3.63) is 46.5 Å². The summed E-state index contributed by atoms with van der Waals surface area (Å²) in [6.45, 7) is 2.58. The zero-order valence-electron chi connectivity index (χ0n) is 13.6. The van der Waals surface area contributed by atoms with Crippen molar-refractivity contribution in [1.82, 2.24) is 10.5 Å². The number of unbranched alkanes of at least 4 members (excludes halogenated alkanes) is 1. The molecule has 0 aliphatic carbocycles. The Bertz CT molecular complexity index is 838. The highest BCUT2D eigenvalue weighted by Gasteiger charge is 2.26. The van der Waals surface area contributed by atoms with Crippen molar-refractivity contribution in [1.29, 1.82) is 0 Å². The lowest BCUT2D eigenvalue weighted by Crippen LogP contribution is -2.26. The Morgan fingerprint density at radius 1 is 1.28 bits per heavy atom. The van der Waals surface area contributed by atoms with E-state index < -0.39 is 5.91 Å². The van der Waals surface area contributed by atoms with E-state index in [1.54, 1.807) is 6.07 Å². The van der Waals surface area contributed by atoms with E-state index in [1.165, 1.54) is 23.7 Å². The van der Waals surface area contributed by atoms with Crippen molar-refractivity contribution < 1.29 is 18.5 Å². The molecule has 0 atom stereocenters. The highest BCUT2D eigenvalue weighted by atomic mass is 32.1. The van der Waals surface area contributed by atoms with Gasteiger partial charge in [0.25, 0.3) is 11.8 Å². The third-order valence-corrected chi connectivity index (χ3v) is 4.18. The van der Waals surface area contributed by atoms with Gasteiger partial charge in [0.15, 0.2) is 5.76 Å². The first kappa shape index (κ1) is 17.0. The highest BCUT2D eigenvalue weighted by molar-refractivity contribution is 7.08. The number of carbonyl (C=O) groups excluding carboxylic acids is 2. The zero-order valence-corrected chi connectivity index (χ0v) is 14.4. The molecule has 8 heteroatoms. The molecule has 0 aliphatic rings. The fraction of sp³-hybridized carbons (Fsp3) is 0.235. The summed E-state index contributed by atoms with van der Waals surface area (Å²) in [4.78, 5) is 24.8. The summed E-state index contributed by atoms with van der Waals surface area (Å²) in [5.41, 5.74) is 1.35. The molecule has 7 nitrogen and oxygen atoms in total. The third-order valence-electron chi connectivity index (χ3n) is 3.50. The third kappa shape index (κ3) is 3.80. The van der Waals surface area contributed by atoms with Gasteiger partial charge in [0.2, 0.25) is 5.88 Å². The number of thiophene rings is 1. The molecule has 2 amide bonds. The minimum absolute atomic E-state index is 0.00315. The molecule has 25 heavy (non-hydrogen) atoms. The molecular weight excluding hydrogens is 342 g/mol. The Hall–Kier alpha value is -2.87. The van der Waals surface area contributed by atoms with Crippen molar-refractivity contribution >= 4 is 29.0 Å². The lowest BCUT2D eigenvalue weighted by atomic mass is 10.1. The van der Waals surface area contributed by atoms with Crippen LogP contribution in [0.15, 0.2) is 44.2 Å². The van der Waals surface area contributed by atoms with Crippen LogP contribution < -0.4 is 10.6 Å². The Kier molecular flexibility index (Phi) is 5.30. The summed E-state index contributed by atoms with van der Waals surface area (Å²) in [5, 5.41) is 13.1. The predicted octanol–water partition coefficient (Wildman–Crippen LogP) is 3.78. The molecule has 0 saturated heterocycles. The van der Waals surface area contributed by atoms with Gasteiger partial charge < -0.3 is 14.3 Å². The second-order valence-electron chi connectivity index (χ2n) is 5.29. The van der Waals surface area contributed by atoms with E-state index in [1.807, 2.05) is 23.8 Å². The van der Waals surface area contributed by atoms with E-state index in [0.717, 1.165) is 18.4 Å². The molecule has 3 heterocycles. The van der Waals surface area contributed by atoms with Crippen molar-refractivity contribution in [2.24, 2.45) is 0 Å². The molecule has 3 rings (SSSR count). The van der Waals surface area contributed by atoms with Gasteiger partial charge in [-0.3, -0.25) is 14.9 Å². The SMILES string of the molecule is CCCCNC(=O)c1c(-c2ccsc2)noc1NC(=O)c1ccco1. The van der Waals surface area contributed by atoms with Gasteiger partial charge in [0.1, 0.15) is 11.3 Å². The molecule has 3 aromatic heterocycles. The Morgan fingerprint density at radius 2 is 2.16 bits per heavy atom. The fourth-order valence-electron chi connectivity index (χ4n) is 2.22. The summed E-state index contributed by atoms with van der Waals surface area (Å²) >= 11 is 1.48. The van der Waals surface area contributed by atoms with Gasteiger partial charge >= 0.3 is 0 Å². The zero-order chi connectivity index (χ0) is 17.6. The van der Waals surface area contributed by atoms with Crippen LogP contribution in [0.4, 0.5) is 5.88 Å². The molecule has 0 aromatic carbocycles. The number of amides is 2. The molecule has 3 aromatic rings. The molecule has 0 radical (unpaired) electrons. The first-order valence-electron chi connectivity index (χ1n) is 7.86. The summed E-state index contributed by atoms with van der Waals surface area (Å²) in [6.07, 6.45) is 3.22. The molecule has 2 N–H and O–H groups in total. The van der Waals surface area contributed by atoms with Crippen molar-refractivity contribution in [3.8, 4) is 11.3 Å². The van der Waals surface area contributed by atoms with E-state index in [0.29, 0.717) is 12.2 Å². The Morgan fingerprint density at radius 3 is 2.84 bits per heavy atom. The van der Waals surface area contributed by atoms with Crippen LogP contribution in [-0.4, -0.2) is 23.5 Å². The van der Waals surface area contributed by atoms with Gasteiger partial charge in [-0.1, -0.05) is 18.5 Å². The maximum atomic E-state index is 12.6. The van der Waals surface area contributed by atoms with Crippen LogP contribution >= 0.6 is 11.3 Å². The van der Waals surface area contributed by atoms with Gasteiger partial charge in [-0.2, -0.15) is 11.3 Å². The molecule has 0 unspecified atom stereocenters. The van der Waals surface area contributed by atoms with Crippen LogP contribution in [-0.2, 0) is 0 Å². The van der Waals surface area contributed by atoms with E-state index in [-0.39, 0.29) is 23.1 Å². The monoisotopic (exact) mass is 359 g/mol. The Balaban J connectivity index is 1.89. The summed E-state index contributed by atoms with van der Waals surface area (Å²) in [5.74, 6) is -0.742. The normalized spacial score (nSPS) is 10.6. The van der Waals surface area contributed by atoms with E-state index in [4.69, 9.17) is 8.94 Å². The number of aromatic nitrogens is 1. The fourth-order valence-corrected chi connectivity index (χ4v) is 2.86. The van der Waals surface area contributed by atoms with Crippen molar-refractivity contribution in [2.45, 2.75) is 19.8 Å². The van der Waals surface area contributed by atoms with Gasteiger partial charge in [-0.15, -0.1) is 0 Å². The highest BCUT2D eigenvalue weighted by Crippen LogP contribution is 2.30. The van der Waals surface area contributed by atoms with Crippen LogP contribution in [0, 0.1) is 0 Å². The van der Waals surface area contributed by atoms with Crippen LogP contribution in [0.5, 0.6) is 0 Å². The predicted molar refractivity (Wildman–Crippen MR) is 93.7 cm³/mol. The number of furan rings is 1. The number of rotatable bonds is 7. The number of carbonyl (C=O) groups is 2. The molecule has 0 bridgehead atoms. The maximum absolute atomic E-state index is 12.6. The number of nitrogens with one attached hydrogen (secondary N) is 2. The van der Waals surface area contributed by atoms with E-state index in [9.17, 15) is 9.59 Å². The molecule has 0 fully saturated rings. The number of nitrogens with zero attached hydrogens (tertiary/aromatic N) is 1. The maximum Gasteiger partial charge on any atom is 0.293 e. The van der Waals surface area contributed by atoms with Crippen molar-refractivity contribution in [2.75, 3.05) is 11.9 Å². The van der Waals surface area contributed by atoms with Crippen LogP contribution in [0.3, 0.4) is 0 Å². The topological polar surface area (TPSA) is 97.4 Å². The lowest BCUT2D eigenvalue weighted by Gasteiger charge is -2.06. The van der Waals surface area contributed by atoms with Crippen LogP contribution in [0.25, 0.3) is 11.3 Å². The molecule has 0 spiro atoms. The second kappa shape index (κ2) is 7.80. The Labute approximate surface area is 148 Å². The first-order valence-corrected chi connectivity index (χ1v) is 8.80. The first-order chi connectivity index (χ1) is 12.2. The number of hydrogen-bond acceptors (Lipinski definition) is 6. The smallest absolute Gasteiger partial charge is 0.293 e. The average molecular weight is 359 g/mol. The summed E-state index contributed by atoms with van der Waals surface area (Å²) in [6, 6.07) is 4.96. The average Bonchev–Trinajstić information content (AvgIpc) is 3.35. The minimum atomic E-state index is -0.513. The van der Waals surface area contributed by atoms with Gasteiger partial charge in [-0.25, -0.2) is 0 Å². The number of hydrogen-bond donors (Lipinski definition) is 2. The quantitative estimate of drug-likeness (QED) is 0.626. The molecule has 0 saturated carbocycles.